The van der Waals surface area contributed by atoms with Crippen LogP contribution in [0.2, 0.25) is 0 Å². The predicted octanol–water partition coefficient (Wildman–Crippen LogP) is 3.34. The molecule has 1 aromatic rings. The van der Waals surface area contributed by atoms with Crippen molar-refractivity contribution in [2.45, 2.75) is 44.5 Å². The van der Waals surface area contributed by atoms with Gasteiger partial charge in [0, 0.05) is 5.69 Å². The van der Waals surface area contributed by atoms with Crippen molar-refractivity contribution in [3.8, 4) is 0 Å². The van der Waals surface area contributed by atoms with Gasteiger partial charge in [-0.25, -0.2) is 0 Å². The van der Waals surface area contributed by atoms with Gasteiger partial charge in [-0.2, -0.15) is 13.2 Å². The summed E-state index contributed by atoms with van der Waals surface area (Å²) >= 11 is 0. The molecule has 0 aromatic heterocycles. The lowest BCUT2D eigenvalue weighted by Crippen LogP contribution is -2.28. The van der Waals surface area contributed by atoms with E-state index in [1.54, 1.807) is 6.92 Å². The normalized spacial score (nSPS) is 24.3. The number of halogens is 3. The van der Waals surface area contributed by atoms with E-state index in [-0.39, 0.29) is 6.04 Å². The van der Waals surface area contributed by atoms with E-state index < -0.39 is 17.8 Å². The molecular formula is C13H16F3NO. The lowest BCUT2D eigenvalue weighted by atomic mass is 10.1. The second-order valence-corrected chi connectivity index (χ2v) is 4.78. The Morgan fingerprint density at radius 3 is 2.56 bits per heavy atom. The average molecular weight is 259 g/mol. The summed E-state index contributed by atoms with van der Waals surface area (Å²) in [6, 6.07) is 3.49. The van der Waals surface area contributed by atoms with Gasteiger partial charge in [-0.3, -0.25) is 0 Å². The average Bonchev–Trinajstić information content (AvgIpc) is 2.66. The molecule has 1 aliphatic rings. The van der Waals surface area contributed by atoms with Gasteiger partial charge in [0.1, 0.15) is 0 Å². The summed E-state index contributed by atoms with van der Waals surface area (Å²) in [5.74, 6) is 0. The number of aliphatic hydroxyl groups excluding tert-OH is 1. The van der Waals surface area contributed by atoms with Gasteiger partial charge < -0.3 is 10.4 Å². The standard InChI is InChI=1S/C13H16F3NO/c1-8-5-6-9(13(14,15)16)7-11(8)17-10-3-2-4-12(10)18/h5-7,10,12,17-18H,2-4H2,1H3. The van der Waals surface area contributed by atoms with Crippen LogP contribution in [0.15, 0.2) is 18.2 Å². The quantitative estimate of drug-likeness (QED) is 0.853. The van der Waals surface area contributed by atoms with Gasteiger partial charge in [0.15, 0.2) is 0 Å². The van der Waals surface area contributed by atoms with Gasteiger partial charge in [0.05, 0.1) is 17.7 Å². The van der Waals surface area contributed by atoms with E-state index in [4.69, 9.17) is 0 Å². The van der Waals surface area contributed by atoms with Crippen LogP contribution in [0, 0.1) is 6.92 Å². The number of hydrogen-bond donors (Lipinski definition) is 2. The number of anilines is 1. The molecule has 2 nitrogen and oxygen atoms in total. The highest BCUT2D eigenvalue weighted by atomic mass is 19.4. The molecule has 0 saturated heterocycles. The van der Waals surface area contributed by atoms with Crippen LogP contribution in [0.25, 0.3) is 0 Å². The van der Waals surface area contributed by atoms with E-state index in [0.29, 0.717) is 12.1 Å². The van der Waals surface area contributed by atoms with Crippen LogP contribution in [0.3, 0.4) is 0 Å². The molecule has 2 rings (SSSR count). The first-order valence-electron chi connectivity index (χ1n) is 6.00. The van der Waals surface area contributed by atoms with Gasteiger partial charge >= 0.3 is 6.18 Å². The summed E-state index contributed by atoms with van der Waals surface area (Å²) in [5, 5.41) is 12.7. The fourth-order valence-corrected chi connectivity index (χ4v) is 2.26. The smallest absolute Gasteiger partial charge is 0.391 e. The number of benzene rings is 1. The summed E-state index contributed by atoms with van der Waals surface area (Å²) in [4.78, 5) is 0. The molecule has 1 aliphatic carbocycles. The fourth-order valence-electron chi connectivity index (χ4n) is 2.26. The highest BCUT2D eigenvalue weighted by molar-refractivity contribution is 5.54. The second kappa shape index (κ2) is 4.80. The minimum Gasteiger partial charge on any atom is -0.391 e. The molecule has 2 N–H and O–H groups in total. The molecular weight excluding hydrogens is 243 g/mol. The van der Waals surface area contributed by atoms with Gasteiger partial charge in [0.2, 0.25) is 0 Å². The first-order valence-corrected chi connectivity index (χ1v) is 6.00. The predicted molar refractivity (Wildman–Crippen MR) is 63.4 cm³/mol. The third-order valence-electron chi connectivity index (χ3n) is 3.39. The van der Waals surface area contributed by atoms with Crippen LogP contribution < -0.4 is 5.32 Å². The SMILES string of the molecule is Cc1ccc(C(F)(F)F)cc1NC1CCCC1O. The molecule has 2 unspecified atom stereocenters. The zero-order valence-electron chi connectivity index (χ0n) is 10.1. The van der Waals surface area contributed by atoms with Crippen molar-refractivity contribution in [2.75, 3.05) is 5.32 Å². The lowest BCUT2D eigenvalue weighted by Gasteiger charge is -2.20. The maximum Gasteiger partial charge on any atom is 0.416 e. The Balaban J connectivity index is 2.21. The van der Waals surface area contributed by atoms with E-state index in [9.17, 15) is 18.3 Å². The van der Waals surface area contributed by atoms with Crippen LogP contribution in [-0.4, -0.2) is 17.3 Å². The molecule has 18 heavy (non-hydrogen) atoms. The lowest BCUT2D eigenvalue weighted by molar-refractivity contribution is -0.137. The van der Waals surface area contributed by atoms with Crippen molar-refractivity contribution in [3.63, 3.8) is 0 Å². The topological polar surface area (TPSA) is 32.3 Å². The van der Waals surface area contributed by atoms with Crippen molar-refractivity contribution < 1.29 is 18.3 Å². The second-order valence-electron chi connectivity index (χ2n) is 4.78. The molecule has 100 valence electrons. The minimum absolute atomic E-state index is 0.146. The zero-order valence-corrected chi connectivity index (χ0v) is 10.1. The molecule has 0 amide bonds. The van der Waals surface area contributed by atoms with Crippen LogP contribution in [-0.2, 0) is 6.18 Å². The molecule has 2 atom stereocenters. The Labute approximate surface area is 104 Å². The number of nitrogens with one attached hydrogen (secondary N) is 1. The van der Waals surface area contributed by atoms with E-state index in [2.05, 4.69) is 5.32 Å². The summed E-state index contributed by atoms with van der Waals surface area (Å²) in [5.41, 5.74) is 0.543. The highest BCUT2D eigenvalue weighted by Crippen LogP contribution is 2.33. The van der Waals surface area contributed by atoms with E-state index in [0.717, 1.165) is 30.5 Å². The minimum atomic E-state index is -4.33. The Kier molecular flexibility index (Phi) is 3.52. The molecule has 0 aliphatic heterocycles. The Morgan fingerprint density at radius 1 is 1.28 bits per heavy atom. The monoisotopic (exact) mass is 259 g/mol. The highest BCUT2D eigenvalue weighted by Gasteiger charge is 2.31. The summed E-state index contributed by atoms with van der Waals surface area (Å²) in [7, 11) is 0. The van der Waals surface area contributed by atoms with Crippen molar-refractivity contribution in [2.24, 2.45) is 0 Å². The summed E-state index contributed by atoms with van der Waals surface area (Å²) in [6.45, 7) is 1.75. The van der Waals surface area contributed by atoms with E-state index in [1.807, 2.05) is 0 Å². The maximum atomic E-state index is 12.6. The number of aliphatic hydroxyl groups is 1. The van der Waals surface area contributed by atoms with E-state index in [1.165, 1.54) is 6.07 Å². The van der Waals surface area contributed by atoms with Crippen LogP contribution in [0.1, 0.15) is 30.4 Å². The third-order valence-corrected chi connectivity index (χ3v) is 3.39. The van der Waals surface area contributed by atoms with Crippen LogP contribution in [0.5, 0.6) is 0 Å². The first kappa shape index (κ1) is 13.2. The van der Waals surface area contributed by atoms with Crippen LogP contribution in [0.4, 0.5) is 18.9 Å². The molecule has 1 aromatic carbocycles. The van der Waals surface area contributed by atoms with Gasteiger partial charge in [-0.15, -0.1) is 0 Å². The molecule has 0 bridgehead atoms. The van der Waals surface area contributed by atoms with Crippen molar-refractivity contribution in [3.05, 3.63) is 29.3 Å². The van der Waals surface area contributed by atoms with E-state index >= 15 is 0 Å². The third kappa shape index (κ3) is 2.77. The number of rotatable bonds is 2. The molecule has 0 spiro atoms. The number of hydrogen-bond acceptors (Lipinski definition) is 2. The molecule has 5 heteroatoms. The summed E-state index contributed by atoms with van der Waals surface area (Å²) < 4.78 is 37.8. The Morgan fingerprint density at radius 2 is 2.00 bits per heavy atom. The maximum absolute atomic E-state index is 12.6. The molecule has 0 heterocycles. The van der Waals surface area contributed by atoms with Crippen molar-refractivity contribution >= 4 is 5.69 Å². The Hall–Kier alpha value is -1.23. The number of aryl methyl sites for hydroxylation is 1. The van der Waals surface area contributed by atoms with Crippen molar-refractivity contribution in [1.29, 1.82) is 0 Å². The first-order chi connectivity index (χ1) is 8.38. The fraction of sp³-hybridized carbons (Fsp3) is 0.538. The molecule has 1 saturated carbocycles. The summed E-state index contributed by atoms with van der Waals surface area (Å²) in [6.07, 6.45) is -2.42. The van der Waals surface area contributed by atoms with Gasteiger partial charge in [0.25, 0.3) is 0 Å². The number of alkyl halides is 3. The molecule has 1 fully saturated rings. The molecule has 0 radical (unpaired) electrons. The van der Waals surface area contributed by atoms with Gasteiger partial charge in [-0.05, 0) is 43.9 Å². The van der Waals surface area contributed by atoms with Crippen molar-refractivity contribution in [1.82, 2.24) is 0 Å². The van der Waals surface area contributed by atoms with Crippen LogP contribution >= 0.6 is 0 Å². The Bertz CT molecular complexity index is 431. The largest absolute Gasteiger partial charge is 0.416 e. The van der Waals surface area contributed by atoms with Gasteiger partial charge in [-0.1, -0.05) is 6.07 Å². The zero-order chi connectivity index (χ0) is 13.3.